The van der Waals surface area contributed by atoms with E-state index in [2.05, 4.69) is 13.8 Å². The van der Waals surface area contributed by atoms with Gasteiger partial charge in [0.25, 0.3) is 11.7 Å². The SMILES string of the molecule is CC(C)COc1ccc(/C(O)=C2\C(=O)C(=O)N(c3ccc(OC(C)C)cc3)C2c2ccccc2)cc1. The van der Waals surface area contributed by atoms with Gasteiger partial charge < -0.3 is 14.6 Å². The molecule has 1 aliphatic rings. The van der Waals surface area contributed by atoms with Crippen molar-refractivity contribution in [1.29, 1.82) is 0 Å². The Bertz CT molecular complexity index is 1240. The van der Waals surface area contributed by atoms with Crippen molar-refractivity contribution < 1.29 is 24.2 Å². The summed E-state index contributed by atoms with van der Waals surface area (Å²) in [5, 5.41) is 11.3. The van der Waals surface area contributed by atoms with Crippen LogP contribution >= 0.6 is 0 Å². The van der Waals surface area contributed by atoms with Crippen LogP contribution in [0.1, 0.15) is 44.9 Å². The van der Waals surface area contributed by atoms with Gasteiger partial charge in [0.1, 0.15) is 17.3 Å². The number of carbonyl (C=O) groups is 2. The molecule has 1 amide bonds. The van der Waals surface area contributed by atoms with Crippen molar-refractivity contribution in [3.63, 3.8) is 0 Å². The molecule has 1 heterocycles. The van der Waals surface area contributed by atoms with E-state index in [1.807, 2.05) is 44.2 Å². The Morgan fingerprint density at radius 1 is 0.861 bits per heavy atom. The molecule has 0 spiro atoms. The molecule has 1 saturated heterocycles. The van der Waals surface area contributed by atoms with E-state index in [0.717, 1.165) is 5.56 Å². The fraction of sp³-hybridized carbons (Fsp3) is 0.267. The van der Waals surface area contributed by atoms with Crippen LogP contribution in [-0.2, 0) is 9.59 Å². The molecule has 0 aliphatic carbocycles. The third kappa shape index (κ3) is 5.28. The highest BCUT2D eigenvalue weighted by Crippen LogP contribution is 2.42. The van der Waals surface area contributed by atoms with E-state index in [4.69, 9.17) is 9.47 Å². The first-order valence-electron chi connectivity index (χ1n) is 12.1. The molecule has 0 saturated carbocycles. The van der Waals surface area contributed by atoms with E-state index in [0.29, 0.717) is 35.3 Å². The lowest BCUT2D eigenvalue weighted by atomic mass is 9.95. The molecular weight excluding hydrogens is 454 g/mol. The fourth-order valence-electron chi connectivity index (χ4n) is 4.13. The Morgan fingerprint density at radius 2 is 1.47 bits per heavy atom. The van der Waals surface area contributed by atoms with Crippen molar-refractivity contribution in [1.82, 2.24) is 0 Å². The number of rotatable bonds is 8. The molecule has 36 heavy (non-hydrogen) atoms. The van der Waals surface area contributed by atoms with E-state index in [1.54, 1.807) is 48.5 Å². The van der Waals surface area contributed by atoms with Gasteiger partial charge >= 0.3 is 0 Å². The molecule has 1 unspecified atom stereocenters. The summed E-state index contributed by atoms with van der Waals surface area (Å²) in [5.74, 6) is 0.0695. The highest BCUT2D eigenvalue weighted by Gasteiger charge is 2.46. The van der Waals surface area contributed by atoms with Crippen molar-refractivity contribution in [2.75, 3.05) is 11.5 Å². The molecule has 6 heteroatoms. The fourth-order valence-corrected chi connectivity index (χ4v) is 4.13. The molecule has 3 aromatic carbocycles. The zero-order valence-electron chi connectivity index (χ0n) is 21.0. The maximum atomic E-state index is 13.3. The van der Waals surface area contributed by atoms with Crippen LogP contribution in [0.15, 0.2) is 84.4 Å². The van der Waals surface area contributed by atoms with Crippen LogP contribution in [0.3, 0.4) is 0 Å². The minimum Gasteiger partial charge on any atom is -0.507 e. The van der Waals surface area contributed by atoms with Gasteiger partial charge in [-0.1, -0.05) is 44.2 Å². The van der Waals surface area contributed by atoms with Crippen molar-refractivity contribution in [2.45, 2.75) is 39.8 Å². The second kappa shape index (κ2) is 10.7. The quantitative estimate of drug-likeness (QED) is 0.236. The van der Waals surface area contributed by atoms with Crippen molar-refractivity contribution in [2.24, 2.45) is 5.92 Å². The minimum absolute atomic E-state index is 0.0107. The number of hydrogen-bond donors (Lipinski definition) is 1. The van der Waals surface area contributed by atoms with Gasteiger partial charge in [0.05, 0.1) is 24.3 Å². The lowest BCUT2D eigenvalue weighted by Crippen LogP contribution is -2.29. The lowest BCUT2D eigenvalue weighted by molar-refractivity contribution is -0.132. The smallest absolute Gasteiger partial charge is 0.300 e. The van der Waals surface area contributed by atoms with Crippen LogP contribution < -0.4 is 14.4 Å². The average Bonchev–Trinajstić information content (AvgIpc) is 3.13. The summed E-state index contributed by atoms with van der Waals surface area (Å²) in [5.41, 5.74) is 1.74. The first-order valence-corrected chi connectivity index (χ1v) is 12.1. The Balaban J connectivity index is 1.76. The number of hydrogen-bond acceptors (Lipinski definition) is 5. The number of amides is 1. The Kier molecular flexibility index (Phi) is 7.44. The first kappa shape index (κ1) is 25.0. The molecule has 1 atom stereocenters. The Morgan fingerprint density at radius 3 is 2.06 bits per heavy atom. The second-order valence-corrected chi connectivity index (χ2v) is 9.47. The Hall–Kier alpha value is -4.06. The molecule has 186 valence electrons. The lowest BCUT2D eigenvalue weighted by Gasteiger charge is -2.25. The van der Waals surface area contributed by atoms with Gasteiger partial charge in [-0.3, -0.25) is 14.5 Å². The molecule has 0 radical (unpaired) electrons. The van der Waals surface area contributed by atoms with Gasteiger partial charge in [-0.05, 0) is 73.9 Å². The van der Waals surface area contributed by atoms with Crippen LogP contribution in [0, 0.1) is 5.92 Å². The van der Waals surface area contributed by atoms with Crippen LogP contribution in [-0.4, -0.2) is 29.5 Å². The summed E-state index contributed by atoms with van der Waals surface area (Å²) in [4.78, 5) is 28.0. The summed E-state index contributed by atoms with van der Waals surface area (Å²) in [7, 11) is 0. The number of anilines is 1. The normalized spacial score (nSPS) is 17.2. The number of benzene rings is 3. The molecule has 1 aliphatic heterocycles. The van der Waals surface area contributed by atoms with Gasteiger partial charge in [-0.2, -0.15) is 0 Å². The first-order chi connectivity index (χ1) is 17.3. The van der Waals surface area contributed by atoms with E-state index in [1.165, 1.54) is 4.90 Å². The largest absolute Gasteiger partial charge is 0.507 e. The number of nitrogens with zero attached hydrogens (tertiary/aromatic N) is 1. The Labute approximate surface area is 211 Å². The van der Waals surface area contributed by atoms with Crippen LogP contribution in [0.5, 0.6) is 11.5 Å². The number of aliphatic hydroxyl groups excluding tert-OH is 1. The predicted octanol–water partition coefficient (Wildman–Crippen LogP) is 6.13. The van der Waals surface area contributed by atoms with E-state index >= 15 is 0 Å². The predicted molar refractivity (Wildman–Crippen MR) is 140 cm³/mol. The zero-order chi connectivity index (χ0) is 25.8. The zero-order valence-corrected chi connectivity index (χ0v) is 21.0. The van der Waals surface area contributed by atoms with E-state index in [9.17, 15) is 14.7 Å². The van der Waals surface area contributed by atoms with Crippen LogP contribution in [0.2, 0.25) is 0 Å². The van der Waals surface area contributed by atoms with Crippen LogP contribution in [0.4, 0.5) is 5.69 Å². The summed E-state index contributed by atoms with van der Waals surface area (Å²) in [6, 6.07) is 22.4. The van der Waals surface area contributed by atoms with Gasteiger partial charge in [0.15, 0.2) is 0 Å². The van der Waals surface area contributed by atoms with Crippen molar-refractivity contribution in [3.8, 4) is 11.5 Å². The third-order valence-corrected chi connectivity index (χ3v) is 5.76. The maximum Gasteiger partial charge on any atom is 0.300 e. The van der Waals surface area contributed by atoms with Gasteiger partial charge in [0, 0.05) is 11.3 Å². The monoisotopic (exact) mass is 485 g/mol. The van der Waals surface area contributed by atoms with E-state index < -0.39 is 17.7 Å². The molecule has 1 N–H and O–H groups in total. The molecule has 1 fully saturated rings. The molecule has 4 rings (SSSR count). The molecule has 6 nitrogen and oxygen atoms in total. The van der Waals surface area contributed by atoms with Gasteiger partial charge in [-0.25, -0.2) is 0 Å². The number of aliphatic hydroxyl groups is 1. The summed E-state index contributed by atoms with van der Waals surface area (Å²) in [6.07, 6.45) is 0.0107. The maximum absolute atomic E-state index is 13.3. The summed E-state index contributed by atoms with van der Waals surface area (Å²) in [6.45, 7) is 8.57. The molecular formula is C30H31NO5. The number of ether oxygens (including phenoxy) is 2. The van der Waals surface area contributed by atoms with Gasteiger partial charge in [-0.15, -0.1) is 0 Å². The topological polar surface area (TPSA) is 76.1 Å². The highest BCUT2D eigenvalue weighted by molar-refractivity contribution is 6.51. The average molecular weight is 486 g/mol. The van der Waals surface area contributed by atoms with Crippen LogP contribution in [0.25, 0.3) is 5.76 Å². The number of ketones is 1. The highest BCUT2D eigenvalue weighted by atomic mass is 16.5. The molecule has 3 aromatic rings. The molecule has 0 bridgehead atoms. The molecule has 0 aromatic heterocycles. The number of carbonyl (C=O) groups excluding carboxylic acids is 2. The number of Topliss-reactive ketones (excluding diaryl/α,β-unsaturated/α-hetero) is 1. The standard InChI is InChI=1S/C30H31NO5/c1-19(2)18-35-24-14-10-22(11-15-24)28(32)26-27(21-8-6-5-7-9-21)31(30(34)29(26)33)23-12-16-25(17-13-23)36-20(3)4/h5-17,19-20,27,32H,18H2,1-4H3/b28-26+. The van der Waals surface area contributed by atoms with Gasteiger partial charge in [0.2, 0.25) is 0 Å². The summed E-state index contributed by atoms with van der Waals surface area (Å²) < 4.78 is 11.4. The summed E-state index contributed by atoms with van der Waals surface area (Å²) >= 11 is 0. The van der Waals surface area contributed by atoms with Crippen molar-refractivity contribution >= 4 is 23.1 Å². The minimum atomic E-state index is -0.778. The second-order valence-electron chi connectivity index (χ2n) is 9.47. The third-order valence-electron chi connectivity index (χ3n) is 5.76. The van der Waals surface area contributed by atoms with Crippen molar-refractivity contribution in [3.05, 3.63) is 95.6 Å². The van der Waals surface area contributed by atoms with E-state index in [-0.39, 0.29) is 17.4 Å².